The number of fused-ring (bicyclic) bond motifs is 1. The van der Waals surface area contributed by atoms with Crippen molar-refractivity contribution in [2.45, 2.75) is 52.7 Å². The van der Waals surface area contributed by atoms with E-state index in [1.54, 1.807) is 0 Å². The van der Waals surface area contributed by atoms with Crippen LogP contribution in [0.1, 0.15) is 45.9 Å². The topological polar surface area (TPSA) is 61.3 Å². The summed E-state index contributed by atoms with van der Waals surface area (Å²) in [5.41, 5.74) is 8.38. The molecule has 1 fully saturated rings. The zero-order chi connectivity index (χ0) is 15.0. The average molecular weight is 288 g/mol. The molecule has 1 aromatic carbocycles. The Kier molecular flexibility index (Phi) is 3.66. The quantitative estimate of drug-likeness (QED) is 0.862. The van der Waals surface area contributed by atoms with Crippen molar-refractivity contribution in [1.29, 1.82) is 0 Å². The molecule has 0 radical (unpaired) electrons. The van der Waals surface area contributed by atoms with Gasteiger partial charge in [-0.25, -0.2) is 4.98 Å². The van der Waals surface area contributed by atoms with Gasteiger partial charge >= 0.3 is 0 Å². The van der Waals surface area contributed by atoms with Crippen molar-refractivity contribution in [2.24, 2.45) is 11.3 Å². The zero-order valence-electron chi connectivity index (χ0n) is 13.1. The number of anilines is 1. The number of hydrogen-bond acceptors (Lipinski definition) is 4. The Morgan fingerprint density at radius 3 is 2.95 bits per heavy atom. The lowest BCUT2D eigenvalue weighted by Gasteiger charge is -2.38. The summed E-state index contributed by atoms with van der Waals surface area (Å²) in [7, 11) is 0. The number of nitrogen functional groups attached to an aromatic ring is 1. The molecule has 1 heterocycles. The minimum Gasteiger partial charge on any atom is -0.438 e. The van der Waals surface area contributed by atoms with Crippen molar-refractivity contribution < 1.29 is 9.15 Å². The minimum atomic E-state index is 0.295. The first-order valence-electron chi connectivity index (χ1n) is 7.68. The monoisotopic (exact) mass is 288 g/mol. The molecule has 2 atom stereocenters. The molecule has 1 aromatic heterocycles. The molecule has 0 amide bonds. The van der Waals surface area contributed by atoms with E-state index in [4.69, 9.17) is 14.9 Å². The number of hydrogen-bond donors (Lipinski definition) is 1. The maximum absolute atomic E-state index is 6.05. The Hall–Kier alpha value is -1.55. The van der Waals surface area contributed by atoms with Crippen molar-refractivity contribution in [3.05, 3.63) is 24.1 Å². The third-order valence-electron chi connectivity index (χ3n) is 4.24. The molecular formula is C17H24N2O2. The minimum absolute atomic E-state index is 0.295. The lowest BCUT2D eigenvalue weighted by molar-refractivity contribution is -0.0378. The van der Waals surface area contributed by atoms with Crippen LogP contribution in [0.15, 0.2) is 22.6 Å². The summed E-state index contributed by atoms with van der Waals surface area (Å²) in [6.07, 6.45) is 3.79. The highest BCUT2D eigenvalue weighted by Gasteiger charge is 2.32. The fourth-order valence-electron chi connectivity index (χ4n) is 3.63. The number of ether oxygens (including phenoxy) is 1. The molecule has 0 bridgehead atoms. The molecule has 1 aliphatic carbocycles. The second-order valence-electron chi connectivity index (χ2n) is 7.18. The summed E-state index contributed by atoms with van der Waals surface area (Å²) in [5, 5.41) is 0. The van der Waals surface area contributed by atoms with Crippen LogP contribution >= 0.6 is 0 Å². The first kappa shape index (κ1) is 14.4. The van der Waals surface area contributed by atoms with E-state index in [1.165, 1.54) is 6.42 Å². The predicted octanol–water partition coefficient (Wildman–Crippen LogP) is 4.14. The zero-order valence-corrected chi connectivity index (χ0v) is 13.1. The summed E-state index contributed by atoms with van der Waals surface area (Å²) < 4.78 is 11.7. The second-order valence-corrected chi connectivity index (χ2v) is 7.18. The maximum Gasteiger partial charge on any atom is 0.221 e. The van der Waals surface area contributed by atoms with Crippen LogP contribution < -0.4 is 5.73 Å². The van der Waals surface area contributed by atoms with E-state index in [1.807, 2.05) is 18.2 Å². The molecule has 3 rings (SSSR count). The molecule has 0 aliphatic heterocycles. The Balaban J connectivity index is 1.66. The molecule has 4 heteroatoms. The molecule has 0 spiro atoms. The van der Waals surface area contributed by atoms with Crippen LogP contribution in [0.5, 0.6) is 0 Å². The number of nitrogens with two attached hydrogens (primary N) is 1. The van der Waals surface area contributed by atoms with E-state index in [0.29, 0.717) is 35.6 Å². The van der Waals surface area contributed by atoms with Gasteiger partial charge in [0, 0.05) is 5.69 Å². The lowest BCUT2D eigenvalue weighted by Crippen LogP contribution is -2.32. The van der Waals surface area contributed by atoms with E-state index in [-0.39, 0.29) is 0 Å². The summed E-state index contributed by atoms with van der Waals surface area (Å²) in [6, 6.07) is 5.50. The van der Waals surface area contributed by atoms with Crippen molar-refractivity contribution in [2.75, 3.05) is 5.73 Å². The van der Waals surface area contributed by atoms with Crippen molar-refractivity contribution in [3.63, 3.8) is 0 Å². The third-order valence-corrected chi connectivity index (χ3v) is 4.24. The van der Waals surface area contributed by atoms with Gasteiger partial charge in [-0.3, -0.25) is 0 Å². The van der Waals surface area contributed by atoms with Crippen LogP contribution in [0.2, 0.25) is 0 Å². The summed E-state index contributed by atoms with van der Waals surface area (Å²) in [6.45, 7) is 7.38. The molecule has 114 valence electrons. The number of nitrogens with zero attached hydrogens (tertiary/aromatic N) is 1. The van der Waals surface area contributed by atoms with Crippen LogP contribution in [-0.4, -0.2) is 11.1 Å². The molecule has 2 aromatic rings. The van der Waals surface area contributed by atoms with Crippen LogP contribution in [0.25, 0.3) is 11.1 Å². The highest BCUT2D eigenvalue weighted by atomic mass is 16.5. The highest BCUT2D eigenvalue weighted by molar-refractivity contribution is 5.76. The summed E-state index contributed by atoms with van der Waals surface area (Å²) in [4.78, 5) is 4.44. The van der Waals surface area contributed by atoms with Crippen molar-refractivity contribution in [1.82, 2.24) is 4.98 Å². The molecule has 21 heavy (non-hydrogen) atoms. The Labute approximate surface area is 125 Å². The predicted molar refractivity (Wildman–Crippen MR) is 83.8 cm³/mol. The summed E-state index contributed by atoms with van der Waals surface area (Å²) >= 11 is 0. The summed E-state index contributed by atoms with van der Waals surface area (Å²) in [5.74, 6) is 1.34. The van der Waals surface area contributed by atoms with Gasteiger partial charge in [0.15, 0.2) is 5.58 Å². The molecule has 0 saturated heterocycles. The SMILES string of the molecule is CC1CC(OCc2nc3cc(N)ccc3o2)CC(C)(C)C1. The maximum atomic E-state index is 6.05. The van der Waals surface area contributed by atoms with E-state index in [2.05, 4.69) is 25.8 Å². The Morgan fingerprint density at radius 1 is 1.38 bits per heavy atom. The number of rotatable bonds is 3. The molecule has 4 nitrogen and oxygen atoms in total. The molecule has 2 N–H and O–H groups in total. The largest absolute Gasteiger partial charge is 0.438 e. The van der Waals surface area contributed by atoms with Gasteiger partial charge in [0.05, 0.1) is 6.10 Å². The standard InChI is InChI=1S/C17H24N2O2/c1-11-6-13(9-17(2,3)8-11)20-10-16-19-14-7-12(18)4-5-15(14)21-16/h4-5,7,11,13H,6,8-10,18H2,1-3H3. The van der Waals surface area contributed by atoms with Gasteiger partial charge in [-0.2, -0.15) is 0 Å². The fourth-order valence-corrected chi connectivity index (χ4v) is 3.63. The smallest absolute Gasteiger partial charge is 0.221 e. The molecule has 1 aliphatic rings. The molecular weight excluding hydrogens is 264 g/mol. The Morgan fingerprint density at radius 2 is 2.19 bits per heavy atom. The van der Waals surface area contributed by atoms with E-state index >= 15 is 0 Å². The lowest BCUT2D eigenvalue weighted by atomic mass is 9.71. The van der Waals surface area contributed by atoms with E-state index in [0.717, 1.165) is 23.9 Å². The first-order chi connectivity index (χ1) is 9.91. The van der Waals surface area contributed by atoms with Crippen LogP contribution in [0.4, 0.5) is 5.69 Å². The van der Waals surface area contributed by atoms with Crippen LogP contribution in [0.3, 0.4) is 0 Å². The number of oxazole rings is 1. The van der Waals surface area contributed by atoms with Crippen LogP contribution in [-0.2, 0) is 11.3 Å². The van der Waals surface area contributed by atoms with Gasteiger partial charge in [0.25, 0.3) is 0 Å². The van der Waals surface area contributed by atoms with Gasteiger partial charge in [-0.05, 0) is 48.8 Å². The van der Waals surface area contributed by atoms with Gasteiger partial charge in [-0.1, -0.05) is 20.8 Å². The molecule has 2 unspecified atom stereocenters. The van der Waals surface area contributed by atoms with Gasteiger partial charge < -0.3 is 14.9 Å². The Bertz CT molecular complexity index is 633. The molecule has 1 saturated carbocycles. The van der Waals surface area contributed by atoms with Crippen molar-refractivity contribution in [3.8, 4) is 0 Å². The van der Waals surface area contributed by atoms with E-state index in [9.17, 15) is 0 Å². The second kappa shape index (κ2) is 5.34. The highest BCUT2D eigenvalue weighted by Crippen LogP contribution is 2.39. The normalized spacial score (nSPS) is 25.3. The van der Waals surface area contributed by atoms with Gasteiger partial charge in [0.1, 0.15) is 12.1 Å². The van der Waals surface area contributed by atoms with Crippen LogP contribution in [0, 0.1) is 11.3 Å². The van der Waals surface area contributed by atoms with Gasteiger partial charge in [-0.15, -0.1) is 0 Å². The number of aromatic nitrogens is 1. The average Bonchev–Trinajstić information content (AvgIpc) is 2.76. The van der Waals surface area contributed by atoms with Crippen molar-refractivity contribution >= 4 is 16.8 Å². The first-order valence-corrected chi connectivity index (χ1v) is 7.68. The van der Waals surface area contributed by atoms with E-state index < -0.39 is 0 Å². The third kappa shape index (κ3) is 3.38. The fraction of sp³-hybridized carbons (Fsp3) is 0.588. The van der Waals surface area contributed by atoms with Gasteiger partial charge in [0.2, 0.25) is 5.89 Å². The number of benzene rings is 1.